The van der Waals surface area contributed by atoms with Gasteiger partial charge in [-0.05, 0) is 6.42 Å². The molecule has 1 aliphatic heterocycles. The smallest absolute Gasteiger partial charge is 0.307 e. The van der Waals surface area contributed by atoms with Crippen LogP contribution in [0.25, 0.3) is 0 Å². The zero-order valence-electron chi connectivity index (χ0n) is 5.26. The topological polar surface area (TPSA) is 26.3 Å². The minimum absolute atomic E-state index is 0.0799. The predicted molar refractivity (Wildman–Crippen MR) is 37.5 cm³/mol. The maximum absolute atomic E-state index is 10.6. The maximum Gasteiger partial charge on any atom is 0.307 e. The Morgan fingerprint density at radius 2 is 2.56 bits per heavy atom. The quantitative estimate of drug-likeness (QED) is 0.465. The molecule has 2 unspecified atom stereocenters. The van der Waals surface area contributed by atoms with Crippen molar-refractivity contribution >= 4 is 21.9 Å². The third-order valence-electron chi connectivity index (χ3n) is 1.45. The molecular formula is C6H9BrO2. The summed E-state index contributed by atoms with van der Waals surface area (Å²) in [7, 11) is 0. The van der Waals surface area contributed by atoms with Gasteiger partial charge in [0.15, 0.2) is 0 Å². The standard InChI is InChI=1S/C6H9BrO2/c1-2-5-4(7)3-6(8)9-5/h4-5H,2-3H2,1H3. The van der Waals surface area contributed by atoms with Gasteiger partial charge in [0.1, 0.15) is 6.10 Å². The number of hydrogen-bond acceptors (Lipinski definition) is 2. The fourth-order valence-corrected chi connectivity index (χ4v) is 1.67. The van der Waals surface area contributed by atoms with Crippen molar-refractivity contribution in [2.75, 3.05) is 0 Å². The van der Waals surface area contributed by atoms with Gasteiger partial charge in [-0.15, -0.1) is 0 Å². The number of cyclic esters (lactones) is 1. The highest BCUT2D eigenvalue weighted by molar-refractivity contribution is 9.09. The monoisotopic (exact) mass is 192 g/mol. The van der Waals surface area contributed by atoms with E-state index in [1.807, 2.05) is 6.92 Å². The average Bonchev–Trinajstić information content (AvgIpc) is 2.10. The highest BCUT2D eigenvalue weighted by atomic mass is 79.9. The second-order valence-electron chi connectivity index (χ2n) is 2.16. The van der Waals surface area contributed by atoms with Crippen LogP contribution in [0.3, 0.4) is 0 Å². The molecule has 0 aliphatic carbocycles. The molecule has 0 bridgehead atoms. The molecule has 0 saturated carbocycles. The molecule has 9 heavy (non-hydrogen) atoms. The van der Waals surface area contributed by atoms with Crippen LogP contribution in [0.2, 0.25) is 0 Å². The normalized spacial score (nSPS) is 34.7. The molecule has 0 N–H and O–H groups in total. The molecule has 52 valence electrons. The number of carbonyl (C=O) groups is 1. The molecule has 0 radical (unpaired) electrons. The first kappa shape index (κ1) is 7.06. The van der Waals surface area contributed by atoms with Gasteiger partial charge in [0.25, 0.3) is 0 Å². The fraction of sp³-hybridized carbons (Fsp3) is 0.833. The number of ether oxygens (including phenoxy) is 1. The van der Waals surface area contributed by atoms with Crippen LogP contribution in [-0.2, 0) is 9.53 Å². The van der Waals surface area contributed by atoms with Crippen LogP contribution in [0.4, 0.5) is 0 Å². The number of carbonyl (C=O) groups excluding carboxylic acids is 1. The Balaban J connectivity index is 2.47. The number of hydrogen-bond donors (Lipinski definition) is 0. The Bertz CT molecular complexity index is 124. The number of alkyl halides is 1. The lowest BCUT2D eigenvalue weighted by molar-refractivity contribution is -0.141. The van der Waals surface area contributed by atoms with E-state index in [2.05, 4.69) is 15.9 Å². The van der Waals surface area contributed by atoms with Crippen molar-refractivity contribution in [3.05, 3.63) is 0 Å². The number of rotatable bonds is 1. The number of esters is 1. The van der Waals surface area contributed by atoms with Gasteiger partial charge in [-0.2, -0.15) is 0 Å². The fourth-order valence-electron chi connectivity index (χ4n) is 0.921. The molecule has 0 aromatic rings. The SMILES string of the molecule is CCC1OC(=O)CC1Br. The Morgan fingerprint density at radius 1 is 1.89 bits per heavy atom. The van der Waals surface area contributed by atoms with Gasteiger partial charge in [0, 0.05) is 0 Å². The van der Waals surface area contributed by atoms with E-state index in [1.54, 1.807) is 0 Å². The van der Waals surface area contributed by atoms with E-state index in [0.717, 1.165) is 6.42 Å². The van der Waals surface area contributed by atoms with E-state index < -0.39 is 0 Å². The summed E-state index contributed by atoms with van der Waals surface area (Å²) in [6, 6.07) is 0. The van der Waals surface area contributed by atoms with Crippen LogP contribution in [0.15, 0.2) is 0 Å². The van der Waals surface area contributed by atoms with Gasteiger partial charge < -0.3 is 4.74 Å². The lowest BCUT2D eigenvalue weighted by atomic mass is 10.2. The lowest BCUT2D eigenvalue weighted by Crippen LogP contribution is -2.13. The van der Waals surface area contributed by atoms with Crippen molar-refractivity contribution in [3.63, 3.8) is 0 Å². The minimum Gasteiger partial charge on any atom is -0.461 e. The van der Waals surface area contributed by atoms with E-state index in [4.69, 9.17) is 4.74 Å². The molecule has 1 aliphatic rings. The van der Waals surface area contributed by atoms with Crippen LogP contribution >= 0.6 is 15.9 Å². The molecule has 1 saturated heterocycles. The van der Waals surface area contributed by atoms with Crippen molar-refractivity contribution in [1.29, 1.82) is 0 Å². The Morgan fingerprint density at radius 3 is 2.78 bits per heavy atom. The Hall–Kier alpha value is -0.0500. The molecule has 1 heterocycles. The van der Waals surface area contributed by atoms with E-state index in [9.17, 15) is 4.79 Å². The second kappa shape index (κ2) is 2.69. The summed E-state index contributed by atoms with van der Waals surface area (Å²) >= 11 is 3.36. The third kappa shape index (κ3) is 1.45. The molecule has 3 heteroatoms. The first-order chi connectivity index (χ1) is 4.24. The zero-order valence-corrected chi connectivity index (χ0v) is 6.85. The van der Waals surface area contributed by atoms with Crippen molar-refractivity contribution in [3.8, 4) is 0 Å². The highest BCUT2D eigenvalue weighted by Crippen LogP contribution is 2.23. The lowest BCUT2D eigenvalue weighted by Gasteiger charge is -2.07. The second-order valence-corrected chi connectivity index (χ2v) is 3.33. The first-order valence-corrected chi connectivity index (χ1v) is 3.99. The summed E-state index contributed by atoms with van der Waals surface area (Å²) in [5.41, 5.74) is 0. The molecule has 2 atom stereocenters. The van der Waals surface area contributed by atoms with Gasteiger partial charge in [0.2, 0.25) is 0 Å². The van der Waals surface area contributed by atoms with Gasteiger partial charge in [-0.1, -0.05) is 22.9 Å². The van der Waals surface area contributed by atoms with Crippen molar-refractivity contribution in [1.82, 2.24) is 0 Å². The predicted octanol–water partition coefficient (Wildman–Crippen LogP) is 1.48. The summed E-state index contributed by atoms with van der Waals surface area (Å²) in [4.78, 5) is 10.8. The summed E-state index contributed by atoms with van der Waals surface area (Å²) in [6.45, 7) is 2.01. The largest absolute Gasteiger partial charge is 0.461 e. The molecule has 0 aromatic heterocycles. The highest BCUT2D eigenvalue weighted by Gasteiger charge is 2.30. The molecule has 0 aromatic carbocycles. The van der Waals surface area contributed by atoms with Gasteiger partial charge in [0.05, 0.1) is 11.2 Å². The Kier molecular flexibility index (Phi) is 2.11. The summed E-state index contributed by atoms with van der Waals surface area (Å²) < 4.78 is 4.94. The minimum atomic E-state index is -0.0799. The van der Waals surface area contributed by atoms with Crippen LogP contribution < -0.4 is 0 Å². The molecule has 1 rings (SSSR count). The van der Waals surface area contributed by atoms with Crippen molar-refractivity contribution in [2.45, 2.75) is 30.7 Å². The van der Waals surface area contributed by atoms with E-state index in [-0.39, 0.29) is 16.9 Å². The Labute approximate surface area is 62.7 Å². The van der Waals surface area contributed by atoms with Crippen molar-refractivity contribution in [2.24, 2.45) is 0 Å². The third-order valence-corrected chi connectivity index (χ3v) is 2.36. The zero-order chi connectivity index (χ0) is 6.85. The summed E-state index contributed by atoms with van der Waals surface area (Å²) in [6.07, 6.45) is 1.54. The molecule has 1 fully saturated rings. The van der Waals surface area contributed by atoms with Gasteiger partial charge in [-0.25, -0.2) is 0 Å². The van der Waals surface area contributed by atoms with Crippen molar-refractivity contribution < 1.29 is 9.53 Å². The van der Waals surface area contributed by atoms with Crippen LogP contribution in [-0.4, -0.2) is 16.9 Å². The van der Waals surface area contributed by atoms with Crippen LogP contribution in [0, 0.1) is 0 Å². The van der Waals surface area contributed by atoms with E-state index in [1.165, 1.54) is 0 Å². The van der Waals surface area contributed by atoms with E-state index >= 15 is 0 Å². The molecular weight excluding hydrogens is 184 g/mol. The van der Waals surface area contributed by atoms with Gasteiger partial charge in [-0.3, -0.25) is 4.79 Å². The summed E-state index contributed by atoms with van der Waals surface area (Å²) in [5, 5.41) is 0. The molecule has 0 spiro atoms. The van der Waals surface area contributed by atoms with Crippen LogP contribution in [0.5, 0.6) is 0 Å². The maximum atomic E-state index is 10.6. The first-order valence-electron chi connectivity index (χ1n) is 3.07. The summed E-state index contributed by atoms with van der Waals surface area (Å²) in [5.74, 6) is -0.0799. The molecule has 0 amide bonds. The average molecular weight is 193 g/mol. The van der Waals surface area contributed by atoms with E-state index in [0.29, 0.717) is 6.42 Å². The van der Waals surface area contributed by atoms with Gasteiger partial charge >= 0.3 is 5.97 Å². The van der Waals surface area contributed by atoms with Crippen LogP contribution in [0.1, 0.15) is 19.8 Å². The molecule has 2 nitrogen and oxygen atoms in total. The number of halogens is 1.